The molecule has 0 radical (unpaired) electrons. The van der Waals surface area contributed by atoms with Crippen LogP contribution in [-0.2, 0) is 0 Å². The van der Waals surface area contributed by atoms with Gasteiger partial charge in [-0.25, -0.2) is 0 Å². The van der Waals surface area contributed by atoms with Gasteiger partial charge in [-0.1, -0.05) is 6.42 Å². The van der Waals surface area contributed by atoms with E-state index in [0.717, 1.165) is 17.9 Å². The Morgan fingerprint density at radius 3 is 2.89 bits per heavy atom. The van der Waals surface area contributed by atoms with Crippen LogP contribution in [0.1, 0.15) is 32.1 Å². The van der Waals surface area contributed by atoms with Gasteiger partial charge >= 0.3 is 0 Å². The van der Waals surface area contributed by atoms with E-state index in [2.05, 4.69) is 0 Å². The lowest BCUT2D eigenvalue weighted by Crippen LogP contribution is -2.08. The number of hydrogen-bond donors (Lipinski definition) is 1. The van der Waals surface area contributed by atoms with E-state index < -0.39 is 0 Å². The van der Waals surface area contributed by atoms with Gasteiger partial charge in [0.25, 0.3) is 0 Å². The van der Waals surface area contributed by atoms with Gasteiger partial charge in [-0.05, 0) is 43.6 Å². The minimum Gasteiger partial charge on any atom is -0.330 e. The molecule has 2 rings (SSSR count). The normalized spacial score (nSPS) is 47.0. The Bertz CT molecular complexity index is 122. The monoisotopic (exact) mass is 125 g/mol. The average Bonchev–Trinajstić information content (AvgIpc) is 2.37. The molecule has 0 saturated heterocycles. The fraction of sp³-hybridized carbons (Fsp3) is 1.00. The van der Waals surface area contributed by atoms with Crippen LogP contribution in [0.25, 0.3) is 0 Å². The van der Waals surface area contributed by atoms with Gasteiger partial charge in [0.05, 0.1) is 0 Å². The summed E-state index contributed by atoms with van der Waals surface area (Å²) in [5, 5.41) is 0. The van der Waals surface area contributed by atoms with Gasteiger partial charge in [0.1, 0.15) is 0 Å². The van der Waals surface area contributed by atoms with Gasteiger partial charge in [-0.2, -0.15) is 0 Å². The average molecular weight is 125 g/mol. The molecule has 9 heavy (non-hydrogen) atoms. The molecular formula is C8H15N. The molecule has 0 aromatic heterocycles. The molecule has 0 aromatic carbocycles. The van der Waals surface area contributed by atoms with E-state index in [1.54, 1.807) is 0 Å². The summed E-state index contributed by atoms with van der Waals surface area (Å²) in [5.41, 5.74) is 6.31. The summed E-state index contributed by atoms with van der Waals surface area (Å²) in [5.74, 6) is 1.10. The van der Waals surface area contributed by atoms with Crippen molar-refractivity contribution < 1.29 is 0 Å². The number of hydrogen-bond acceptors (Lipinski definition) is 1. The third-order valence-electron chi connectivity index (χ3n) is 3.23. The fourth-order valence-electron chi connectivity index (χ4n) is 2.57. The van der Waals surface area contributed by atoms with E-state index >= 15 is 0 Å². The maximum absolute atomic E-state index is 5.52. The van der Waals surface area contributed by atoms with Crippen molar-refractivity contribution in [2.75, 3.05) is 6.54 Å². The van der Waals surface area contributed by atoms with Gasteiger partial charge in [0.2, 0.25) is 0 Å². The summed E-state index contributed by atoms with van der Waals surface area (Å²) in [4.78, 5) is 0. The van der Waals surface area contributed by atoms with Crippen molar-refractivity contribution in [1.82, 2.24) is 0 Å². The molecule has 2 atom stereocenters. The van der Waals surface area contributed by atoms with Crippen LogP contribution in [0.15, 0.2) is 0 Å². The second-order valence-electron chi connectivity index (χ2n) is 3.69. The first kappa shape index (κ1) is 5.72. The molecule has 1 nitrogen and oxygen atoms in total. The maximum Gasteiger partial charge on any atom is -0.00719 e. The number of rotatable bonds is 2. The molecule has 2 saturated carbocycles. The second kappa shape index (κ2) is 1.72. The van der Waals surface area contributed by atoms with Crippen molar-refractivity contribution >= 4 is 0 Å². The maximum atomic E-state index is 5.52. The predicted octanol–water partition coefficient (Wildman–Crippen LogP) is 1.53. The zero-order chi connectivity index (χ0) is 6.32. The lowest BCUT2D eigenvalue weighted by Gasteiger charge is -2.07. The van der Waals surface area contributed by atoms with Gasteiger partial charge in [0, 0.05) is 0 Å². The molecule has 2 aliphatic rings. The predicted molar refractivity (Wildman–Crippen MR) is 38.1 cm³/mol. The Kier molecular flexibility index (Phi) is 1.10. The van der Waals surface area contributed by atoms with Gasteiger partial charge in [-0.15, -0.1) is 0 Å². The first-order valence-electron chi connectivity index (χ1n) is 4.07. The third kappa shape index (κ3) is 0.710. The molecule has 0 heterocycles. The minimum absolute atomic E-state index is 0.786. The van der Waals surface area contributed by atoms with Crippen LogP contribution in [0.5, 0.6) is 0 Å². The Morgan fingerprint density at radius 1 is 1.56 bits per heavy atom. The highest BCUT2D eigenvalue weighted by atomic mass is 14.6. The largest absolute Gasteiger partial charge is 0.330 e. The summed E-state index contributed by atoms with van der Waals surface area (Å²) in [7, 11) is 0. The molecule has 0 aliphatic heterocycles. The number of fused-ring (bicyclic) bond motifs is 1. The lowest BCUT2D eigenvalue weighted by molar-refractivity contribution is 0.453. The van der Waals surface area contributed by atoms with E-state index in [-0.39, 0.29) is 0 Å². The molecule has 0 bridgehead atoms. The summed E-state index contributed by atoms with van der Waals surface area (Å²) < 4.78 is 0. The molecule has 2 fully saturated rings. The van der Waals surface area contributed by atoms with Crippen molar-refractivity contribution in [3.63, 3.8) is 0 Å². The molecule has 2 aliphatic carbocycles. The van der Waals surface area contributed by atoms with Crippen LogP contribution in [0, 0.1) is 11.3 Å². The Balaban J connectivity index is 1.95. The summed E-state index contributed by atoms with van der Waals surface area (Å²) >= 11 is 0. The molecule has 0 aromatic rings. The zero-order valence-corrected chi connectivity index (χ0v) is 5.90. The second-order valence-corrected chi connectivity index (χ2v) is 3.69. The van der Waals surface area contributed by atoms with E-state index in [4.69, 9.17) is 5.73 Å². The quantitative estimate of drug-likeness (QED) is 0.595. The van der Waals surface area contributed by atoms with Crippen LogP contribution >= 0.6 is 0 Å². The van der Waals surface area contributed by atoms with E-state index in [1.807, 2.05) is 0 Å². The molecule has 0 spiro atoms. The topological polar surface area (TPSA) is 26.0 Å². The van der Waals surface area contributed by atoms with E-state index in [0.29, 0.717) is 0 Å². The van der Waals surface area contributed by atoms with Crippen LogP contribution in [0.3, 0.4) is 0 Å². The smallest absolute Gasteiger partial charge is 0.00719 e. The van der Waals surface area contributed by atoms with Crippen molar-refractivity contribution in [3.05, 3.63) is 0 Å². The zero-order valence-electron chi connectivity index (χ0n) is 5.90. The molecule has 2 unspecified atom stereocenters. The molecular weight excluding hydrogens is 110 g/mol. The minimum atomic E-state index is 0.786. The van der Waals surface area contributed by atoms with Crippen LogP contribution in [0.2, 0.25) is 0 Å². The third-order valence-corrected chi connectivity index (χ3v) is 3.23. The van der Waals surface area contributed by atoms with Crippen LogP contribution < -0.4 is 5.73 Å². The molecule has 0 amide bonds. The van der Waals surface area contributed by atoms with Gasteiger partial charge < -0.3 is 5.73 Å². The molecule has 1 heteroatoms. The highest BCUT2D eigenvalue weighted by Crippen LogP contribution is 2.65. The summed E-state index contributed by atoms with van der Waals surface area (Å²) in [6.07, 6.45) is 7.27. The van der Waals surface area contributed by atoms with Crippen molar-refractivity contribution in [2.45, 2.75) is 32.1 Å². The van der Waals surface area contributed by atoms with E-state index in [9.17, 15) is 0 Å². The Hall–Kier alpha value is -0.0400. The highest BCUT2D eigenvalue weighted by Gasteiger charge is 2.55. The fourth-order valence-corrected chi connectivity index (χ4v) is 2.57. The first-order chi connectivity index (χ1) is 4.37. The number of nitrogens with two attached hydrogens (primary N) is 1. The molecule has 2 N–H and O–H groups in total. The van der Waals surface area contributed by atoms with E-state index in [1.165, 1.54) is 32.1 Å². The van der Waals surface area contributed by atoms with Crippen molar-refractivity contribution in [1.29, 1.82) is 0 Å². The Morgan fingerprint density at radius 2 is 2.44 bits per heavy atom. The first-order valence-corrected chi connectivity index (χ1v) is 4.07. The van der Waals surface area contributed by atoms with Crippen molar-refractivity contribution in [3.8, 4) is 0 Å². The Labute approximate surface area is 56.6 Å². The van der Waals surface area contributed by atoms with Crippen molar-refractivity contribution in [2.24, 2.45) is 17.1 Å². The van der Waals surface area contributed by atoms with Crippen LogP contribution in [0.4, 0.5) is 0 Å². The molecule has 52 valence electrons. The highest BCUT2D eigenvalue weighted by molar-refractivity contribution is 5.05. The SMILES string of the molecule is NCCC12CCCC1C2. The summed E-state index contributed by atoms with van der Waals surface area (Å²) in [6.45, 7) is 0.913. The van der Waals surface area contributed by atoms with Gasteiger partial charge in [0.15, 0.2) is 0 Å². The van der Waals surface area contributed by atoms with Gasteiger partial charge in [-0.3, -0.25) is 0 Å². The lowest BCUT2D eigenvalue weighted by atomic mass is 10.00. The van der Waals surface area contributed by atoms with Crippen LogP contribution in [-0.4, -0.2) is 6.54 Å². The summed E-state index contributed by atoms with van der Waals surface area (Å²) in [6, 6.07) is 0. The standard InChI is InChI=1S/C8H15N/c9-5-4-8-3-1-2-7(8)6-8/h7H,1-6,9H2.